The quantitative estimate of drug-likeness (QED) is 0.468. The molecule has 4 aromatic rings. The van der Waals surface area contributed by atoms with Crippen molar-refractivity contribution in [2.45, 2.75) is 32.1 Å². The fourth-order valence-electron chi connectivity index (χ4n) is 4.74. The van der Waals surface area contributed by atoms with E-state index in [0.717, 1.165) is 66.9 Å². The summed E-state index contributed by atoms with van der Waals surface area (Å²) in [6, 6.07) is 16.0. The second-order valence-corrected chi connectivity index (χ2v) is 8.53. The smallest absolute Gasteiger partial charge is 0.348 e. The van der Waals surface area contributed by atoms with Crippen LogP contribution >= 0.6 is 0 Å². The normalized spacial score (nSPS) is 16.8. The van der Waals surface area contributed by atoms with E-state index in [9.17, 15) is 4.79 Å². The van der Waals surface area contributed by atoms with Crippen LogP contribution in [0.3, 0.4) is 0 Å². The number of hydrogen-bond acceptors (Lipinski definition) is 5. The molecule has 0 aliphatic carbocycles. The monoisotopic (exact) mass is 443 g/mol. The van der Waals surface area contributed by atoms with Gasteiger partial charge in [0.05, 0.1) is 12.3 Å². The molecule has 2 aromatic heterocycles. The van der Waals surface area contributed by atoms with E-state index in [2.05, 4.69) is 27.0 Å². The number of H-pyrrole nitrogens is 1. The number of benzene rings is 2. The second kappa shape index (κ2) is 9.58. The highest BCUT2D eigenvalue weighted by Crippen LogP contribution is 2.26. The Hall–Kier alpha value is -3.45. The SMILES string of the molecule is CCOc1ccccc1CCN1CCC[C@H](c2nn(-c3cccc4cnccc34)c(=O)[nH]2)C1. The fraction of sp³-hybridized carbons (Fsp3) is 0.346. The Kier molecular flexibility index (Phi) is 6.21. The molecule has 0 saturated carbocycles. The van der Waals surface area contributed by atoms with E-state index >= 15 is 0 Å². The zero-order valence-electron chi connectivity index (χ0n) is 18.9. The van der Waals surface area contributed by atoms with E-state index in [1.807, 2.05) is 43.3 Å². The highest BCUT2D eigenvalue weighted by atomic mass is 16.5. The molecule has 170 valence electrons. The minimum absolute atomic E-state index is 0.197. The Labute approximate surface area is 193 Å². The number of nitrogens with one attached hydrogen (secondary N) is 1. The molecule has 7 heteroatoms. The van der Waals surface area contributed by atoms with E-state index in [1.54, 1.807) is 12.4 Å². The van der Waals surface area contributed by atoms with Crippen LogP contribution in [0.4, 0.5) is 0 Å². The molecule has 0 radical (unpaired) electrons. The van der Waals surface area contributed by atoms with Gasteiger partial charge in [-0.1, -0.05) is 30.3 Å². The predicted octanol–water partition coefficient (Wildman–Crippen LogP) is 3.93. The number of rotatable bonds is 7. The van der Waals surface area contributed by atoms with Crippen molar-refractivity contribution in [2.24, 2.45) is 0 Å². The summed E-state index contributed by atoms with van der Waals surface area (Å²) < 4.78 is 7.28. The van der Waals surface area contributed by atoms with Gasteiger partial charge in [0.2, 0.25) is 0 Å². The lowest BCUT2D eigenvalue weighted by atomic mass is 9.97. The lowest BCUT2D eigenvalue weighted by molar-refractivity contribution is 0.205. The van der Waals surface area contributed by atoms with E-state index in [4.69, 9.17) is 9.84 Å². The molecule has 1 fully saturated rings. The van der Waals surface area contributed by atoms with Crippen molar-refractivity contribution in [3.63, 3.8) is 0 Å². The average molecular weight is 444 g/mol. The van der Waals surface area contributed by atoms with Crippen LogP contribution in [0, 0.1) is 0 Å². The topological polar surface area (TPSA) is 76.0 Å². The van der Waals surface area contributed by atoms with Crippen LogP contribution in [0.25, 0.3) is 16.5 Å². The highest BCUT2D eigenvalue weighted by molar-refractivity contribution is 5.89. The van der Waals surface area contributed by atoms with Crippen molar-refractivity contribution in [2.75, 3.05) is 26.2 Å². The van der Waals surface area contributed by atoms with E-state index in [0.29, 0.717) is 6.61 Å². The Bertz CT molecular complexity index is 1290. The third kappa shape index (κ3) is 4.54. The summed E-state index contributed by atoms with van der Waals surface area (Å²) >= 11 is 0. The van der Waals surface area contributed by atoms with Crippen molar-refractivity contribution in [1.29, 1.82) is 0 Å². The van der Waals surface area contributed by atoms with Crippen LogP contribution < -0.4 is 10.4 Å². The molecule has 0 unspecified atom stereocenters. The zero-order valence-corrected chi connectivity index (χ0v) is 18.9. The second-order valence-electron chi connectivity index (χ2n) is 8.53. The first kappa shape index (κ1) is 21.4. The number of likely N-dealkylation sites (tertiary alicyclic amines) is 1. The molecule has 1 aliphatic rings. The van der Waals surface area contributed by atoms with Gasteiger partial charge in [0.15, 0.2) is 0 Å². The van der Waals surface area contributed by atoms with Crippen molar-refractivity contribution in [3.8, 4) is 11.4 Å². The molecule has 0 amide bonds. The number of aromatic nitrogens is 4. The van der Waals surface area contributed by atoms with Crippen molar-refractivity contribution in [3.05, 3.63) is 82.8 Å². The van der Waals surface area contributed by atoms with Gasteiger partial charge in [0.25, 0.3) is 0 Å². The maximum atomic E-state index is 12.8. The first-order valence-electron chi connectivity index (χ1n) is 11.7. The largest absolute Gasteiger partial charge is 0.494 e. The molecule has 0 spiro atoms. The summed E-state index contributed by atoms with van der Waals surface area (Å²) in [7, 11) is 0. The number of fused-ring (bicyclic) bond motifs is 1. The van der Waals surface area contributed by atoms with Crippen LogP contribution in [0.5, 0.6) is 5.75 Å². The van der Waals surface area contributed by atoms with Gasteiger partial charge in [-0.05, 0) is 56.5 Å². The van der Waals surface area contributed by atoms with Crippen LogP contribution in [0.2, 0.25) is 0 Å². The van der Waals surface area contributed by atoms with Gasteiger partial charge in [-0.2, -0.15) is 4.68 Å². The maximum Gasteiger partial charge on any atom is 0.348 e. The lowest BCUT2D eigenvalue weighted by Gasteiger charge is -2.31. The number of aromatic amines is 1. The Morgan fingerprint density at radius 3 is 2.97 bits per heavy atom. The van der Waals surface area contributed by atoms with Crippen molar-refractivity contribution in [1.82, 2.24) is 24.6 Å². The number of piperidine rings is 1. The molecule has 0 bridgehead atoms. The number of pyridine rings is 1. The molecule has 33 heavy (non-hydrogen) atoms. The van der Waals surface area contributed by atoms with E-state index in [-0.39, 0.29) is 11.6 Å². The molecular weight excluding hydrogens is 414 g/mol. The summed E-state index contributed by atoms with van der Waals surface area (Å²) in [6.07, 6.45) is 6.61. The van der Waals surface area contributed by atoms with Gasteiger partial charge in [0, 0.05) is 42.2 Å². The summed E-state index contributed by atoms with van der Waals surface area (Å²) in [5.74, 6) is 1.96. The molecule has 3 heterocycles. The van der Waals surface area contributed by atoms with Gasteiger partial charge < -0.3 is 9.64 Å². The van der Waals surface area contributed by atoms with Gasteiger partial charge >= 0.3 is 5.69 Å². The molecule has 5 rings (SSSR count). The molecule has 2 aromatic carbocycles. The van der Waals surface area contributed by atoms with Crippen LogP contribution in [-0.2, 0) is 6.42 Å². The van der Waals surface area contributed by atoms with Gasteiger partial charge in [-0.15, -0.1) is 5.10 Å². The summed E-state index contributed by atoms with van der Waals surface area (Å²) in [5.41, 5.74) is 1.82. The summed E-state index contributed by atoms with van der Waals surface area (Å²) in [6.45, 7) is 5.60. The van der Waals surface area contributed by atoms with Crippen LogP contribution in [0.15, 0.2) is 65.7 Å². The van der Waals surface area contributed by atoms with Crippen LogP contribution in [-0.4, -0.2) is 50.9 Å². The molecular formula is C26H29N5O2. The van der Waals surface area contributed by atoms with Gasteiger partial charge in [-0.25, -0.2) is 4.79 Å². The minimum atomic E-state index is -0.197. The summed E-state index contributed by atoms with van der Waals surface area (Å²) in [4.78, 5) is 22.5. The lowest BCUT2D eigenvalue weighted by Crippen LogP contribution is -2.36. The van der Waals surface area contributed by atoms with Crippen LogP contribution in [0.1, 0.15) is 37.1 Å². The third-order valence-electron chi connectivity index (χ3n) is 6.38. The molecule has 7 nitrogen and oxygen atoms in total. The number of nitrogens with zero attached hydrogens (tertiary/aromatic N) is 4. The molecule has 1 saturated heterocycles. The Morgan fingerprint density at radius 2 is 2.06 bits per heavy atom. The fourth-order valence-corrected chi connectivity index (χ4v) is 4.74. The van der Waals surface area contributed by atoms with E-state index in [1.165, 1.54) is 10.2 Å². The standard InChI is InChI=1S/C26H29N5O2/c1-2-33-24-11-4-3-7-19(24)13-16-30-15-6-9-21(18-30)25-28-26(32)31(29-25)23-10-5-8-20-17-27-14-12-22(20)23/h3-5,7-8,10-12,14,17,21H,2,6,9,13,15-16,18H2,1H3,(H,28,29,32)/t21-/m0/s1. The highest BCUT2D eigenvalue weighted by Gasteiger charge is 2.25. The average Bonchev–Trinajstić information content (AvgIpc) is 3.25. The summed E-state index contributed by atoms with van der Waals surface area (Å²) in [5, 5.41) is 6.68. The first-order chi connectivity index (χ1) is 16.2. The number of hydrogen-bond donors (Lipinski definition) is 1. The Balaban J connectivity index is 1.32. The molecule has 1 N–H and O–H groups in total. The number of para-hydroxylation sites is 1. The predicted molar refractivity (Wildman–Crippen MR) is 129 cm³/mol. The van der Waals surface area contributed by atoms with Crippen molar-refractivity contribution < 1.29 is 4.74 Å². The zero-order chi connectivity index (χ0) is 22.6. The van der Waals surface area contributed by atoms with Gasteiger partial charge in [0.1, 0.15) is 11.6 Å². The third-order valence-corrected chi connectivity index (χ3v) is 6.38. The first-order valence-corrected chi connectivity index (χ1v) is 11.7. The van der Waals surface area contributed by atoms with E-state index < -0.39 is 0 Å². The minimum Gasteiger partial charge on any atom is -0.494 e. The molecule has 1 aliphatic heterocycles. The van der Waals surface area contributed by atoms with Crippen molar-refractivity contribution >= 4 is 10.8 Å². The Morgan fingerprint density at radius 1 is 1.15 bits per heavy atom. The van der Waals surface area contributed by atoms with Gasteiger partial charge in [-0.3, -0.25) is 9.97 Å². The molecule has 1 atom stereocenters. The number of ether oxygens (including phenoxy) is 1. The maximum absolute atomic E-state index is 12.8.